The summed E-state index contributed by atoms with van der Waals surface area (Å²) in [7, 11) is 0. The van der Waals surface area contributed by atoms with Crippen LogP contribution < -0.4 is 15.8 Å². The topological polar surface area (TPSA) is 72.1 Å². The summed E-state index contributed by atoms with van der Waals surface area (Å²) >= 11 is 0. The lowest BCUT2D eigenvalue weighted by molar-refractivity contribution is 0.140. The molecule has 0 radical (unpaired) electrons. The molecule has 0 saturated carbocycles. The Morgan fingerprint density at radius 1 is 1.41 bits per heavy atom. The third-order valence-corrected chi connectivity index (χ3v) is 5.25. The molecule has 2 heterocycles. The maximum absolute atomic E-state index is 6.13. The Labute approximate surface area is 179 Å². The first-order valence-electron chi connectivity index (χ1n) is 9.77. The van der Waals surface area contributed by atoms with Crippen LogP contribution in [-0.2, 0) is 11.3 Å². The standard InChI is InChI=1S/C20H32N4O2.HI/c1-3-24-9-4-5-17(24)13-23-20(21)22-12-16-7-6-15(2)11-19(16)26-18-8-10-25-14-18;/h6-7,11,17-18H,3-5,8-10,12-14H2,1-2H3,(H3,21,22,23);1H. The van der Waals surface area contributed by atoms with E-state index in [1.54, 1.807) is 0 Å². The van der Waals surface area contributed by atoms with Crippen molar-refractivity contribution in [1.29, 1.82) is 0 Å². The summed E-state index contributed by atoms with van der Waals surface area (Å²) in [6.07, 6.45) is 3.58. The maximum atomic E-state index is 6.13. The SMILES string of the molecule is CCN1CCCC1CNC(N)=NCc1ccc(C)cc1OC1CCOC1.I. The van der Waals surface area contributed by atoms with Crippen molar-refractivity contribution in [2.24, 2.45) is 10.7 Å². The van der Waals surface area contributed by atoms with Crippen molar-refractivity contribution in [1.82, 2.24) is 10.2 Å². The van der Waals surface area contributed by atoms with Gasteiger partial charge in [-0.1, -0.05) is 19.1 Å². The molecule has 0 spiro atoms. The van der Waals surface area contributed by atoms with E-state index < -0.39 is 0 Å². The van der Waals surface area contributed by atoms with Gasteiger partial charge in [-0.05, 0) is 44.5 Å². The van der Waals surface area contributed by atoms with Gasteiger partial charge in [-0.2, -0.15) is 0 Å². The van der Waals surface area contributed by atoms with Crippen molar-refractivity contribution in [2.75, 3.05) is 32.8 Å². The fourth-order valence-electron chi connectivity index (χ4n) is 3.68. The van der Waals surface area contributed by atoms with Gasteiger partial charge in [-0.25, -0.2) is 4.99 Å². The largest absolute Gasteiger partial charge is 0.488 e. The van der Waals surface area contributed by atoms with Crippen LogP contribution in [0.1, 0.15) is 37.3 Å². The monoisotopic (exact) mass is 488 g/mol. The summed E-state index contributed by atoms with van der Waals surface area (Å²) in [6.45, 7) is 9.38. The molecular weight excluding hydrogens is 455 g/mol. The minimum absolute atomic E-state index is 0. The van der Waals surface area contributed by atoms with E-state index in [4.69, 9.17) is 15.2 Å². The van der Waals surface area contributed by atoms with Gasteiger partial charge in [0, 0.05) is 24.6 Å². The zero-order chi connectivity index (χ0) is 18.4. The highest BCUT2D eigenvalue weighted by Gasteiger charge is 2.22. The average molecular weight is 488 g/mol. The lowest BCUT2D eigenvalue weighted by atomic mass is 10.1. The quantitative estimate of drug-likeness (QED) is 0.351. The Bertz CT molecular complexity index is 620. The lowest BCUT2D eigenvalue weighted by Crippen LogP contribution is -2.42. The molecule has 27 heavy (non-hydrogen) atoms. The van der Waals surface area contributed by atoms with E-state index in [0.717, 1.165) is 37.4 Å². The van der Waals surface area contributed by atoms with E-state index in [2.05, 4.69) is 47.3 Å². The molecule has 1 aromatic carbocycles. The maximum Gasteiger partial charge on any atom is 0.188 e. The lowest BCUT2D eigenvalue weighted by Gasteiger charge is -2.23. The summed E-state index contributed by atoms with van der Waals surface area (Å²) in [5.74, 6) is 1.40. The van der Waals surface area contributed by atoms with E-state index in [0.29, 0.717) is 25.2 Å². The number of nitrogens with zero attached hydrogens (tertiary/aromatic N) is 2. The summed E-state index contributed by atoms with van der Waals surface area (Å²) < 4.78 is 11.5. The third kappa shape index (κ3) is 6.50. The minimum Gasteiger partial charge on any atom is -0.488 e. The zero-order valence-electron chi connectivity index (χ0n) is 16.4. The van der Waals surface area contributed by atoms with Crippen LogP contribution in [0.4, 0.5) is 0 Å². The Morgan fingerprint density at radius 3 is 3.00 bits per heavy atom. The normalized spacial score (nSPS) is 23.3. The Hall–Kier alpha value is -1.06. The molecule has 0 bridgehead atoms. The highest BCUT2D eigenvalue weighted by atomic mass is 127. The molecule has 0 aromatic heterocycles. The second kappa shape index (κ2) is 11.1. The molecule has 3 rings (SSSR count). The molecule has 3 N–H and O–H groups in total. The molecule has 2 saturated heterocycles. The summed E-state index contributed by atoms with van der Waals surface area (Å²) in [4.78, 5) is 7.02. The average Bonchev–Trinajstić information content (AvgIpc) is 3.30. The summed E-state index contributed by atoms with van der Waals surface area (Å²) in [5, 5.41) is 3.29. The molecule has 7 heteroatoms. The first-order chi connectivity index (χ1) is 12.7. The van der Waals surface area contributed by atoms with Gasteiger partial charge in [-0.15, -0.1) is 24.0 Å². The Balaban J connectivity index is 0.00000261. The van der Waals surface area contributed by atoms with Crippen molar-refractivity contribution in [2.45, 2.75) is 51.8 Å². The predicted octanol–water partition coefficient (Wildman–Crippen LogP) is 2.67. The summed E-state index contributed by atoms with van der Waals surface area (Å²) in [5.41, 5.74) is 8.33. The van der Waals surface area contributed by atoms with Crippen LogP contribution in [0.15, 0.2) is 23.2 Å². The van der Waals surface area contributed by atoms with Crippen LogP contribution in [0.25, 0.3) is 0 Å². The second-order valence-electron chi connectivity index (χ2n) is 7.22. The number of nitrogens with two attached hydrogens (primary N) is 1. The summed E-state index contributed by atoms with van der Waals surface area (Å²) in [6, 6.07) is 6.80. The van der Waals surface area contributed by atoms with Gasteiger partial charge in [-0.3, -0.25) is 4.90 Å². The van der Waals surface area contributed by atoms with E-state index in [1.165, 1.54) is 24.9 Å². The van der Waals surface area contributed by atoms with Crippen LogP contribution >= 0.6 is 24.0 Å². The van der Waals surface area contributed by atoms with Crippen molar-refractivity contribution < 1.29 is 9.47 Å². The number of likely N-dealkylation sites (tertiary alicyclic amines) is 1. The number of halogens is 1. The fourth-order valence-corrected chi connectivity index (χ4v) is 3.68. The van der Waals surface area contributed by atoms with Crippen LogP contribution in [0.5, 0.6) is 5.75 Å². The van der Waals surface area contributed by atoms with Gasteiger partial charge in [0.15, 0.2) is 5.96 Å². The molecule has 1 aromatic rings. The smallest absolute Gasteiger partial charge is 0.188 e. The number of hydrogen-bond acceptors (Lipinski definition) is 4. The molecule has 0 aliphatic carbocycles. The molecular formula is C20H33IN4O2. The number of benzene rings is 1. The van der Waals surface area contributed by atoms with Gasteiger partial charge < -0.3 is 20.5 Å². The Morgan fingerprint density at radius 2 is 2.26 bits per heavy atom. The van der Waals surface area contributed by atoms with Crippen molar-refractivity contribution in [3.8, 4) is 5.75 Å². The van der Waals surface area contributed by atoms with Gasteiger partial charge in [0.25, 0.3) is 0 Å². The number of guanidine groups is 1. The van der Waals surface area contributed by atoms with Gasteiger partial charge >= 0.3 is 0 Å². The first kappa shape index (κ1) is 22.2. The van der Waals surface area contributed by atoms with Crippen LogP contribution in [0.2, 0.25) is 0 Å². The predicted molar refractivity (Wildman–Crippen MR) is 120 cm³/mol. The number of aryl methyl sites for hydroxylation is 1. The molecule has 2 aliphatic rings. The van der Waals surface area contributed by atoms with Crippen molar-refractivity contribution in [3.05, 3.63) is 29.3 Å². The van der Waals surface area contributed by atoms with E-state index in [-0.39, 0.29) is 30.1 Å². The Kier molecular flexibility index (Phi) is 9.11. The van der Waals surface area contributed by atoms with Crippen LogP contribution in [0.3, 0.4) is 0 Å². The third-order valence-electron chi connectivity index (χ3n) is 5.25. The fraction of sp³-hybridized carbons (Fsp3) is 0.650. The molecule has 0 amide bonds. The van der Waals surface area contributed by atoms with E-state index >= 15 is 0 Å². The van der Waals surface area contributed by atoms with Gasteiger partial charge in [0.05, 0.1) is 19.8 Å². The minimum atomic E-state index is 0. The van der Waals surface area contributed by atoms with Crippen LogP contribution in [0, 0.1) is 6.92 Å². The molecule has 2 fully saturated rings. The molecule has 6 nitrogen and oxygen atoms in total. The van der Waals surface area contributed by atoms with E-state index in [1.807, 2.05) is 0 Å². The van der Waals surface area contributed by atoms with Gasteiger partial charge in [0.1, 0.15) is 11.9 Å². The highest BCUT2D eigenvalue weighted by molar-refractivity contribution is 14.0. The molecule has 2 aliphatic heterocycles. The number of hydrogen-bond donors (Lipinski definition) is 2. The van der Waals surface area contributed by atoms with E-state index in [9.17, 15) is 0 Å². The zero-order valence-corrected chi connectivity index (χ0v) is 18.8. The molecule has 152 valence electrons. The number of nitrogens with one attached hydrogen (secondary N) is 1. The van der Waals surface area contributed by atoms with Crippen LogP contribution in [-0.4, -0.2) is 55.9 Å². The molecule has 2 atom stereocenters. The van der Waals surface area contributed by atoms with Crippen molar-refractivity contribution >= 4 is 29.9 Å². The van der Waals surface area contributed by atoms with Crippen molar-refractivity contribution in [3.63, 3.8) is 0 Å². The highest BCUT2D eigenvalue weighted by Crippen LogP contribution is 2.24. The number of likely N-dealkylation sites (N-methyl/N-ethyl adjacent to an activating group) is 1. The first-order valence-corrected chi connectivity index (χ1v) is 9.77. The number of ether oxygens (including phenoxy) is 2. The number of aliphatic imine (C=N–C) groups is 1. The van der Waals surface area contributed by atoms with Gasteiger partial charge in [0.2, 0.25) is 0 Å². The molecule has 2 unspecified atom stereocenters. The number of rotatable bonds is 7. The second-order valence-corrected chi connectivity index (χ2v) is 7.22.